The van der Waals surface area contributed by atoms with Crippen LogP contribution in [0.1, 0.15) is 19.8 Å². The van der Waals surface area contributed by atoms with E-state index < -0.39 is 0 Å². The Labute approximate surface area is 62.4 Å². The number of carbonyl (C=O) groups is 1. The van der Waals surface area contributed by atoms with Crippen molar-refractivity contribution in [3.8, 4) is 0 Å². The van der Waals surface area contributed by atoms with Gasteiger partial charge >= 0.3 is 6.03 Å². The van der Waals surface area contributed by atoms with Gasteiger partial charge in [0.25, 0.3) is 0 Å². The van der Waals surface area contributed by atoms with Crippen LogP contribution in [-0.2, 0) is 0 Å². The molecule has 0 aliphatic rings. The highest BCUT2D eigenvalue weighted by Gasteiger charge is 2.04. The van der Waals surface area contributed by atoms with Crippen LogP contribution in [0.25, 0.3) is 0 Å². The van der Waals surface area contributed by atoms with Crippen molar-refractivity contribution in [1.29, 1.82) is 0 Å². The zero-order valence-electron chi connectivity index (χ0n) is 6.92. The first kappa shape index (κ1) is 9.27. The van der Waals surface area contributed by atoms with Gasteiger partial charge in [-0.1, -0.05) is 13.3 Å². The second-order valence-corrected chi connectivity index (χ2v) is 2.28. The molecular formula is C7H15N2O. The molecule has 0 bridgehead atoms. The molecule has 0 aromatic rings. The van der Waals surface area contributed by atoms with Gasteiger partial charge in [-0.3, -0.25) is 0 Å². The van der Waals surface area contributed by atoms with Gasteiger partial charge < -0.3 is 4.90 Å². The molecule has 2 amide bonds. The van der Waals surface area contributed by atoms with E-state index in [1.165, 1.54) is 7.05 Å². The SMILES string of the molecule is CCCCN(C)C(=O)[N]C. The maximum Gasteiger partial charge on any atom is 0.338 e. The zero-order valence-corrected chi connectivity index (χ0v) is 6.92. The van der Waals surface area contributed by atoms with Crippen LogP contribution < -0.4 is 5.32 Å². The zero-order chi connectivity index (χ0) is 7.98. The van der Waals surface area contributed by atoms with Gasteiger partial charge in [0.2, 0.25) is 0 Å². The second-order valence-electron chi connectivity index (χ2n) is 2.28. The Bertz CT molecular complexity index is 104. The monoisotopic (exact) mass is 143 g/mol. The van der Waals surface area contributed by atoms with Crippen LogP contribution in [0.4, 0.5) is 4.79 Å². The first-order chi connectivity index (χ1) is 4.72. The Kier molecular flexibility index (Phi) is 4.72. The Morgan fingerprint density at radius 1 is 1.60 bits per heavy atom. The van der Waals surface area contributed by atoms with E-state index in [0.717, 1.165) is 19.4 Å². The third kappa shape index (κ3) is 3.33. The maximum absolute atomic E-state index is 10.8. The summed E-state index contributed by atoms with van der Waals surface area (Å²) in [6, 6.07) is -0.131. The smallest absolute Gasteiger partial charge is 0.326 e. The van der Waals surface area contributed by atoms with E-state index in [1.807, 2.05) is 0 Å². The first-order valence-electron chi connectivity index (χ1n) is 3.57. The van der Waals surface area contributed by atoms with Gasteiger partial charge in [0.15, 0.2) is 0 Å². The summed E-state index contributed by atoms with van der Waals surface area (Å²) in [5, 5.41) is 3.53. The minimum Gasteiger partial charge on any atom is -0.326 e. The summed E-state index contributed by atoms with van der Waals surface area (Å²) < 4.78 is 0. The van der Waals surface area contributed by atoms with E-state index in [2.05, 4.69) is 12.2 Å². The molecule has 10 heavy (non-hydrogen) atoms. The van der Waals surface area contributed by atoms with Crippen molar-refractivity contribution in [3.63, 3.8) is 0 Å². The number of rotatable bonds is 3. The Hall–Kier alpha value is -0.730. The van der Waals surface area contributed by atoms with Crippen molar-refractivity contribution in [2.24, 2.45) is 0 Å². The molecule has 3 nitrogen and oxygen atoms in total. The summed E-state index contributed by atoms with van der Waals surface area (Å²) in [7, 11) is 3.29. The third-order valence-electron chi connectivity index (χ3n) is 1.36. The third-order valence-corrected chi connectivity index (χ3v) is 1.36. The normalized spacial score (nSPS) is 9.10. The largest absolute Gasteiger partial charge is 0.338 e. The van der Waals surface area contributed by atoms with Gasteiger partial charge in [-0.25, -0.2) is 10.1 Å². The fraction of sp³-hybridized carbons (Fsp3) is 0.857. The van der Waals surface area contributed by atoms with E-state index in [0.29, 0.717) is 0 Å². The number of carbonyl (C=O) groups excluding carboxylic acids is 1. The summed E-state index contributed by atoms with van der Waals surface area (Å²) in [4.78, 5) is 12.4. The number of hydrogen-bond acceptors (Lipinski definition) is 1. The van der Waals surface area contributed by atoms with Gasteiger partial charge in [0.1, 0.15) is 0 Å². The standard InChI is InChI=1S/C7H15N2O/c1-4-5-6-9(3)7(10)8-2/h4-6H2,1-3H3. The average molecular weight is 143 g/mol. The molecule has 0 rings (SSSR count). The summed E-state index contributed by atoms with van der Waals surface area (Å²) in [5.74, 6) is 0. The number of urea groups is 1. The van der Waals surface area contributed by atoms with E-state index in [4.69, 9.17) is 0 Å². The lowest BCUT2D eigenvalue weighted by Crippen LogP contribution is -2.31. The van der Waals surface area contributed by atoms with Crippen molar-refractivity contribution >= 4 is 6.03 Å². The molecule has 3 heteroatoms. The molecule has 0 saturated heterocycles. The van der Waals surface area contributed by atoms with E-state index in [-0.39, 0.29) is 6.03 Å². The van der Waals surface area contributed by atoms with Crippen molar-refractivity contribution in [2.75, 3.05) is 20.6 Å². The van der Waals surface area contributed by atoms with Gasteiger partial charge in [0.05, 0.1) is 0 Å². The molecule has 0 aromatic carbocycles. The summed E-state index contributed by atoms with van der Waals surface area (Å²) >= 11 is 0. The molecule has 0 spiro atoms. The fourth-order valence-electron chi connectivity index (χ4n) is 0.662. The van der Waals surface area contributed by atoms with Crippen molar-refractivity contribution in [1.82, 2.24) is 10.2 Å². The van der Waals surface area contributed by atoms with Crippen LogP contribution in [0.5, 0.6) is 0 Å². The summed E-state index contributed by atoms with van der Waals surface area (Å²) in [6.07, 6.45) is 2.17. The van der Waals surface area contributed by atoms with Crippen LogP contribution in [0.15, 0.2) is 0 Å². The van der Waals surface area contributed by atoms with Gasteiger partial charge in [0, 0.05) is 20.6 Å². The first-order valence-corrected chi connectivity index (χ1v) is 3.57. The molecule has 0 fully saturated rings. The van der Waals surface area contributed by atoms with E-state index in [9.17, 15) is 4.79 Å². The topological polar surface area (TPSA) is 34.4 Å². The minimum atomic E-state index is -0.131. The van der Waals surface area contributed by atoms with Crippen molar-refractivity contribution < 1.29 is 4.79 Å². The number of unbranched alkanes of at least 4 members (excludes halogenated alkanes) is 1. The fourth-order valence-corrected chi connectivity index (χ4v) is 0.662. The molecule has 1 radical (unpaired) electrons. The molecule has 0 aromatic heterocycles. The van der Waals surface area contributed by atoms with Crippen LogP contribution in [-0.4, -0.2) is 31.6 Å². The predicted octanol–water partition coefficient (Wildman–Crippen LogP) is 1.07. The molecule has 0 atom stereocenters. The van der Waals surface area contributed by atoms with Gasteiger partial charge in [-0.05, 0) is 6.42 Å². The predicted molar refractivity (Wildman–Crippen MR) is 41.0 cm³/mol. The van der Waals surface area contributed by atoms with Crippen molar-refractivity contribution in [2.45, 2.75) is 19.8 Å². The molecular weight excluding hydrogens is 128 g/mol. The molecule has 0 aliphatic heterocycles. The van der Waals surface area contributed by atoms with Crippen molar-refractivity contribution in [3.05, 3.63) is 0 Å². The molecule has 0 unspecified atom stereocenters. The Balaban J connectivity index is 3.41. The number of amides is 2. The maximum atomic E-state index is 10.8. The van der Waals surface area contributed by atoms with Crippen LogP contribution in [0.2, 0.25) is 0 Å². The highest BCUT2D eigenvalue weighted by molar-refractivity contribution is 5.73. The lowest BCUT2D eigenvalue weighted by atomic mass is 10.3. The van der Waals surface area contributed by atoms with E-state index >= 15 is 0 Å². The van der Waals surface area contributed by atoms with Crippen LogP contribution in [0.3, 0.4) is 0 Å². The minimum absolute atomic E-state index is 0.131. The molecule has 0 N–H and O–H groups in total. The second kappa shape index (κ2) is 5.09. The molecule has 0 saturated carbocycles. The van der Waals surface area contributed by atoms with Gasteiger partial charge in [-0.15, -0.1) is 0 Å². The molecule has 0 aliphatic carbocycles. The highest BCUT2D eigenvalue weighted by Crippen LogP contribution is 1.91. The number of hydrogen-bond donors (Lipinski definition) is 0. The number of nitrogens with zero attached hydrogens (tertiary/aromatic N) is 2. The highest BCUT2D eigenvalue weighted by atomic mass is 16.2. The Morgan fingerprint density at radius 2 is 2.20 bits per heavy atom. The lowest BCUT2D eigenvalue weighted by Gasteiger charge is -2.13. The van der Waals surface area contributed by atoms with Crippen LogP contribution >= 0.6 is 0 Å². The van der Waals surface area contributed by atoms with Crippen LogP contribution in [0, 0.1) is 0 Å². The average Bonchev–Trinajstić information content (AvgIpc) is 1.98. The lowest BCUT2D eigenvalue weighted by molar-refractivity contribution is 0.209. The summed E-state index contributed by atoms with van der Waals surface area (Å²) in [6.45, 7) is 2.91. The van der Waals surface area contributed by atoms with E-state index in [1.54, 1.807) is 11.9 Å². The quantitative estimate of drug-likeness (QED) is 0.582. The van der Waals surface area contributed by atoms with Gasteiger partial charge in [-0.2, -0.15) is 0 Å². The molecule has 59 valence electrons. The molecule has 0 heterocycles. The Morgan fingerprint density at radius 3 is 2.60 bits per heavy atom. The summed E-state index contributed by atoms with van der Waals surface area (Å²) in [5.41, 5.74) is 0.